The minimum Gasteiger partial charge on any atom is -0.366 e. The molecule has 0 amide bonds. The lowest BCUT2D eigenvalue weighted by Gasteiger charge is -2.36. The molecule has 2 atom stereocenters. The largest absolute Gasteiger partial charge is 0.366 e. The molecule has 0 N–H and O–H groups in total. The van der Waals surface area contributed by atoms with Gasteiger partial charge in [-0.05, 0) is 29.7 Å². The summed E-state index contributed by atoms with van der Waals surface area (Å²) in [6, 6.07) is 10.1. The van der Waals surface area contributed by atoms with Gasteiger partial charge >= 0.3 is 0 Å². The molecule has 0 unspecified atom stereocenters. The zero-order valence-electron chi connectivity index (χ0n) is 12.2. The van der Waals surface area contributed by atoms with Crippen molar-refractivity contribution in [3.05, 3.63) is 35.9 Å². The number of hydrogen-bond acceptors (Lipinski definition) is 2. The third-order valence-corrected chi connectivity index (χ3v) is 4.12. The average molecular weight is 260 g/mol. The van der Waals surface area contributed by atoms with E-state index in [1.165, 1.54) is 0 Å². The number of rotatable bonds is 3. The van der Waals surface area contributed by atoms with Gasteiger partial charge in [-0.15, -0.1) is 0 Å². The molecule has 2 heteroatoms. The maximum absolute atomic E-state index is 12.0. The van der Waals surface area contributed by atoms with Gasteiger partial charge in [0.1, 0.15) is 6.10 Å². The molecule has 1 aromatic carbocycles. The van der Waals surface area contributed by atoms with Gasteiger partial charge in [0.05, 0.1) is 6.61 Å². The summed E-state index contributed by atoms with van der Waals surface area (Å²) in [6.45, 7) is 7.29. The molecule has 1 aliphatic carbocycles. The molecular weight excluding hydrogens is 236 g/mol. The van der Waals surface area contributed by atoms with Gasteiger partial charge in [-0.25, -0.2) is 0 Å². The normalized spacial score (nSPS) is 24.5. The summed E-state index contributed by atoms with van der Waals surface area (Å²) < 4.78 is 5.86. The SMILES string of the molecule is CC(C)(C)[C@H]1CCC(=O)[C@H](OCc2ccccc2)C1. The molecule has 1 saturated carbocycles. The molecule has 104 valence electrons. The van der Waals surface area contributed by atoms with Crippen molar-refractivity contribution in [1.82, 2.24) is 0 Å². The summed E-state index contributed by atoms with van der Waals surface area (Å²) >= 11 is 0. The van der Waals surface area contributed by atoms with Crippen LogP contribution in [0, 0.1) is 11.3 Å². The lowest BCUT2D eigenvalue weighted by Crippen LogP contribution is -2.36. The quantitative estimate of drug-likeness (QED) is 0.821. The van der Waals surface area contributed by atoms with Gasteiger partial charge < -0.3 is 4.74 Å². The summed E-state index contributed by atoms with van der Waals surface area (Å²) in [5.41, 5.74) is 1.39. The second-order valence-corrected chi connectivity index (χ2v) is 6.59. The highest BCUT2D eigenvalue weighted by Crippen LogP contribution is 2.37. The van der Waals surface area contributed by atoms with Crippen LogP contribution >= 0.6 is 0 Å². The van der Waals surface area contributed by atoms with Crippen molar-refractivity contribution in [2.75, 3.05) is 0 Å². The van der Waals surface area contributed by atoms with E-state index in [1.54, 1.807) is 0 Å². The van der Waals surface area contributed by atoms with Crippen LogP contribution in [0.25, 0.3) is 0 Å². The first kappa shape index (κ1) is 14.3. The van der Waals surface area contributed by atoms with Gasteiger partial charge in [0.25, 0.3) is 0 Å². The Labute approximate surface area is 116 Å². The fourth-order valence-electron chi connectivity index (χ4n) is 2.70. The Balaban J connectivity index is 1.93. The topological polar surface area (TPSA) is 26.3 Å². The van der Waals surface area contributed by atoms with Crippen molar-refractivity contribution in [3.8, 4) is 0 Å². The Morgan fingerprint density at radius 1 is 1.21 bits per heavy atom. The monoisotopic (exact) mass is 260 g/mol. The van der Waals surface area contributed by atoms with Crippen molar-refractivity contribution in [3.63, 3.8) is 0 Å². The third-order valence-electron chi connectivity index (χ3n) is 4.12. The number of carbonyl (C=O) groups is 1. The maximum atomic E-state index is 12.0. The molecule has 19 heavy (non-hydrogen) atoms. The number of ether oxygens (including phenoxy) is 1. The predicted octanol–water partition coefficient (Wildman–Crippen LogP) is 3.99. The highest BCUT2D eigenvalue weighted by molar-refractivity contribution is 5.83. The Kier molecular flexibility index (Phi) is 4.41. The van der Waals surface area contributed by atoms with Gasteiger partial charge in [-0.1, -0.05) is 51.1 Å². The Bertz CT molecular complexity index is 417. The Morgan fingerprint density at radius 3 is 2.53 bits per heavy atom. The van der Waals surface area contributed by atoms with Crippen molar-refractivity contribution in [2.45, 2.75) is 52.7 Å². The standard InChI is InChI=1S/C17H24O2/c1-17(2,3)14-9-10-15(18)16(11-14)19-12-13-7-5-4-6-8-13/h4-8,14,16H,9-12H2,1-3H3/t14-,16+/m0/s1. The van der Waals surface area contributed by atoms with E-state index in [0.29, 0.717) is 18.9 Å². The van der Waals surface area contributed by atoms with E-state index in [0.717, 1.165) is 18.4 Å². The highest BCUT2D eigenvalue weighted by Gasteiger charge is 2.35. The van der Waals surface area contributed by atoms with E-state index in [1.807, 2.05) is 30.3 Å². The summed E-state index contributed by atoms with van der Waals surface area (Å²) in [5, 5.41) is 0. The second kappa shape index (κ2) is 5.87. The molecule has 0 heterocycles. The van der Waals surface area contributed by atoms with E-state index in [4.69, 9.17) is 4.74 Å². The number of hydrogen-bond donors (Lipinski definition) is 0. The number of benzene rings is 1. The minimum atomic E-state index is -0.210. The predicted molar refractivity (Wildman–Crippen MR) is 76.8 cm³/mol. The van der Waals surface area contributed by atoms with E-state index in [-0.39, 0.29) is 17.3 Å². The van der Waals surface area contributed by atoms with E-state index in [2.05, 4.69) is 20.8 Å². The zero-order valence-corrected chi connectivity index (χ0v) is 12.2. The van der Waals surface area contributed by atoms with Crippen molar-refractivity contribution >= 4 is 5.78 Å². The molecular formula is C17H24O2. The fraction of sp³-hybridized carbons (Fsp3) is 0.588. The van der Waals surface area contributed by atoms with E-state index >= 15 is 0 Å². The van der Waals surface area contributed by atoms with Gasteiger partial charge in [0.15, 0.2) is 5.78 Å². The van der Waals surface area contributed by atoms with Gasteiger partial charge in [-0.3, -0.25) is 4.79 Å². The van der Waals surface area contributed by atoms with Crippen LogP contribution in [0.2, 0.25) is 0 Å². The zero-order chi connectivity index (χ0) is 13.9. The van der Waals surface area contributed by atoms with Crippen molar-refractivity contribution < 1.29 is 9.53 Å². The summed E-state index contributed by atoms with van der Waals surface area (Å²) in [6.07, 6.45) is 2.34. The van der Waals surface area contributed by atoms with Crippen LogP contribution < -0.4 is 0 Å². The second-order valence-electron chi connectivity index (χ2n) is 6.59. The Morgan fingerprint density at radius 2 is 1.89 bits per heavy atom. The maximum Gasteiger partial charge on any atom is 0.161 e. The van der Waals surface area contributed by atoms with E-state index < -0.39 is 0 Å². The smallest absolute Gasteiger partial charge is 0.161 e. The molecule has 1 aromatic rings. The molecule has 0 radical (unpaired) electrons. The number of Topliss-reactive ketones (excluding diaryl/α,β-unsaturated/α-hetero) is 1. The lowest BCUT2D eigenvalue weighted by molar-refractivity contribution is -0.137. The fourth-order valence-corrected chi connectivity index (χ4v) is 2.70. The average Bonchev–Trinajstić information content (AvgIpc) is 2.37. The number of carbonyl (C=O) groups excluding carboxylic acids is 1. The molecule has 1 fully saturated rings. The van der Waals surface area contributed by atoms with Crippen LogP contribution in [0.4, 0.5) is 0 Å². The summed E-state index contributed by atoms with van der Waals surface area (Å²) in [5.74, 6) is 0.849. The molecule has 0 spiro atoms. The Hall–Kier alpha value is -1.15. The van der Waals surface area contributed by atoms with Crippen LogP contribution in [0.3, 0.4) is 0 Å². The summed E-state index contributed by atoms with van der Waals surface area (Å²) in [7, 11) is 0. The summed E-state index contributed by atoms with van der Waals surface area (Å²) in [4.78, 5) is 12.0. The molecule has 0 bridgehead atoms. The minimum absolute atomic E-state index is 0.210. The van der Waals surface area contributed by atoms with E-state index in [9.17, 15) is 4.79 Å². The molecule has 1 aliphatic rings. The molecule has 2 rings (SSSR count). The van der Waals surface area contributed by atoms with Crippen LogP contribution in [-0.4, -0.2) is 11.9 Å². The van der Waals surface area contributed by atoms with Crippen molar-refractivity contribution in [2.24, 2.45) is 11.3 Å². The van der Waals surface area contributed by atoms with Crippen LogP contribution in [0.15, 0.2) is 30.3 Å². The van der Waals surface area contributed by atoms with Gasteiger partial charge in [0, 0.05) is 6.42 Å². The molecule has 0 saturated heterocycles. The highest BCUT2D eigenvalue weighted by atomic mass is 16.5. The molecule has 2 nitrogen and oxygen atoms in total. The number of ketones is 1. The lowest BCUT2D eigenvalue weighted by atomic mass is 9.71. The van der Waals surface area contributed by atoms with Crippen LogP contribution in [-0.2, 0) is 16.1 Å². The van der Waals surface area contributed by atoms with Gasteiger partial charge in [-0.2, -0.15) is 0 Å². The molecule has 0 aromatic heterocycles. The first-order valence-electron chi connectivity index (χ1n) is 7.15. The van der Waals surface area contributed by atoms with Gasteiger partial charge in [0.2, 0.25) is 0 Å². The first-order chi connectivity index (χ1) is 8.97. The van der Waals surface area contributed by atoms with Crippen LogP contribution in [0.1, 0.15) is 45.6 Å². The third kappa shape index (κ3) is 3.90. The van der Waals surface area contributed by atoms with Crippen molar-refractivity contribution in [1.29, 1.82) is 0 Å². The molecule has 0 aliphatic heterocycles. The van der Waals surface area contributed by atoms with Crippen LogP contribution in [0.5, 0.6) is 0 Å². The first-order valence-corrected chi connectivity index (χ1v) is 7.15.